The zero-order valence-corrected chi connectivity index (χ0v) is 12.9. The Labute approximate surface area is 118 Å². The molecule has 0 bridgehead atoms. The van der Waals surface area contributed by atoms with Crippen LogP contribution in [0.3, 0.4) is 0 Å². The topological polar surface area (TPSA) is 42.2 Å². The summed E-state index contributed by atoms with van der Waals surface area (Å²) in [6.45, 7) is 7.57. The molecule has 108 valence electrons. The second-order valence-corrected chi connectivity index (χ2v) is 5.49. The molecule has 0 spiro atoms. The van der Waals surface area contributed by atoms with Gasteiger partial charge in [0.05, 0.1) is 0 Å². The molecule has 1 aromatic rings. The van der Waals surface area contributed by atoms with Gasteiger partial charge in [-0.1, -0.05) is 32.8 Å². The van der Waals surface area contributed by atoms with Gasteiger partial charge in [0.2, 0.25) is 0 Å². The summed E-state index contributed by atoms with van der Waals surface area (Å²) >= 11 is 0. The van der Waals surface area contributed by atoms with Gasteiger partial charge in [-0.3, -0.25) is 0 Å². The number of nitrogens with zero attached hydrogens (tertiary/aromatic N) is 2. The highest BCUT2D eigenvalue weighted by Gasteiger charge is 2.08. The van der Waals surface area contributed by atoms with Crippen LogP contribution in [0.15, 0.2) is 12.3 Å². The van der Waals surface area contributed by atoms with E-state index in [9.17, 15) is 0 Å². The standard InChI is InChI=1S/C16H29N3/c1-5-7-8-9-19(4)16-13(3)10-14(12-18-16)11-15(17)6-2/h10,12,15H,5-9,11,17H2,1-4H3. The predicted octanol–water partition coefficient (Wildman–Crippen LogP) is 3.30. The van der Waals surface area contributed by atoms with Crippen LogP contribution < -0.4 is 10.6 Å². The number of nitrogens with two attached hydrogens (primary N) is 1. The lowest BCUT2D eigenvalue weighted by Crippen LogP contribution is -2.23. The molecule has 2 N–H and O–H groups in total. The van der Waals surface area contributed by atoms with Crippen LogP contribution in [0, 0.1) is 6.92 Å². The molecule has 3 heteroatoms. The highest BCUT2D eigenvalue weighted by atomic mass is 15.2. The van der Waals surface area contributed by atoms with Gasteiger partial charge >= 0.3 is 0 Å². The number of aromatic nitrogens is 1. The zero-order chi connectivity index (χ0) is 14.3. The van der Waals surface area contributed by atoms with Crippen LogP contribution in [0.1, 0.15) is 50.7 Å². The Hall–Kier alpha value is -1.09. The van der Waals surface area contributed by atoms with Crippen molar-refractivity contribution in [2.45, 2.75) is 58.9 Å². The maximum atomic E-state index is 6.00. The molecule has 0 aliphatic heterocycles. The molecular formula is C16H29N3. The molecule has 0 amide bonds. The number of unbranched alkanes of at least 4 members (excludes halogenated alkanes) is 2. The molecule has 1 rings (SSSR count). The first-order chi connectivity index (χ1) is 9.08. The van der Waals surface area contributed by atoms with Crippen LogP contribution in [0.25, 0.3) is 0 Å². The fourth-order valence-corrected chi connectivity index (χ4v) is 2.29. The summed E-state index contributed by atoms with van der Waals surface area (Å²) < 4.78 is 0. The minimum Gasteiger partial charge on any atom is -0.359 e. The van der Waals surface area contributed by atoms with Gasteiger partial charge in [0.1, 0.15) is 5.82 Å². The Bertz CT molecular complexity index is 376. The summed E-state index contributed by atoms with van der Waals surface area (Å²) in [5, 5.41) is 0. The van der Waals surface area contributed by atoms with Gasteiger partial charge in [-0.05, 0) is 37.3 Å². The average Bonchev–Trinajstić information content (AvgIpc) is 2.38. The van der Waals surface area contributed by atoms with E-state index in [2.05, 4.69) is 43.8 Å². The Kier molecular flexibility index (Phi) is 6.85. The predicted molar refractivity (Wildman–Crippen MR) is 83.7 cm³/mol. The van der Waals surface area contributed by atoms with E-state index >= 15 is 0 Å². The Morgan fingerprint density at radius 2 is 2.05 bits per heavy atom. The average molecular weight is 263 g/mol. The number of anilines is 1. The maximum Gasteiger partial charge on any atom is 0.131 e. The molecule has 3 nitrogen and oxygen atoms in total. The van der Waals surface area contributed by atoms with Crippen LogP contribution in [0.4, 0.5) is 5.82 Å². The third-order valence-electron chi connectivity index (χ3n) is 3.59. The summed E-state index contributed by atoms with van der Waals surface area (Å²) in [5.41, 5.74) is 8.49. The molecule has 0 aromatic carbocycles. The van der Waals surface area contributed by atoms with Crippen LogP contribution in [0.2, 0.25) is 0 Å². The number of hydrogen-bond acceptors (Lipinski definition) is 3. The maximum absolute atomic E-state index is 6.00. The molecule has 1 atom stereocenters. The summed E-state index contributed by atoms with van der Waals surface area (Å²) in [6.07, 6.45) is 7.69. The van der Waals surface area contributed by atoms with E-state index in [0.717, 1.165) is 25.2 Å². The fourth-order valence-electron chi connectivity index (χ4n) is 2.29. The molecule has 1 unspecified atom stereocenters. The van der Waals surface area contributed by atoms with Gasteiger partial charge in [-0.15, -0.1) is 0 Å². The van der Waals surface area contributed by atoms with Gasteiger partial charge in [0, 0.05) is 25.8 Å². The smallest absolute Gasteiger partial charge is 0.131 e. The van der Waals surface area contributed by atoms with E-state index < -0.39 is 0 Å². The molecule has 1 heterocycles. The van der Waals surface area contributed by atoms with Crippen LogP contribution in [-0.2, 0) is 6.42 Å². The lowest BCUT2D eigenvalue weighted by Gasteiger charge is -2.21. The largest absolute Gasteiger partial charge is 0.359 e. The minimum absolute atomic E-state index is 0.245. The number of pyridine rings is 1. The van der Waals surface area contributed by atoms with Crippen molar-refractivity contribution in [1.82, 2.24) is 4.98 Å². The lowest BCUT2D eigenvalue weighted by molar-refractivity contribution is 0.644. The molecular weight excluding hydrogens is 234 g/mol. The molecule has 0 radical (unpaired) electrons. The molecule has 0 aliphatic rings. The van der Waals surface area contributed by atoms with Crippen LogP contribution in [-0.4, -0.2) is 24.6 Å². The van der Waals surface area contributed by atoms with Gasteiger partial charge in [-0.25, -0.2) is 4.98 Å². The Morgan fingerprint density at radius 1 is 1.32 bits per heavy atom. The van der Waals surface area contributed by atoms with E-state index in [1.54, 1.807) is 0 Å². The van der Waals surface area contributed by atoms with E-state index in [1.807, 2.05) is 6.20 Å². The monoisotopic (exact) mass is 263 g/mol. The Morgan fingerprint density at radius 3 is 2.63 bits per heavy atom. The van der Waals surface area contributed by atoms with E-state index in [-0.39, 0.29) is 6.04 Å². The summed E-state index contributed by atoms with van der Waals surface area (Å²) in [6, 6.07) is 2.48. The second kappa shape index (κ2) is 8.16. The molecule has 1 aromatic heterocycles. The van der Waals surface area contributed by atoms with Crippen molar-refractivity contribution in [3.05, 3.63) is 23.4 Å². The first-order valence-electron chi connectivity index (χ1n) is 7.50. The molecule has 0 saturated carbocycles. The van der Waals surface area contributed by atoms with Crippen molar-refractivity contribution in [3.8, 4) is 0 Å². The number of rotatable bonds is 8. The van der Waals surface area contributed by atoms with Crippen molar-refractivity contribution in [2.24, 2.45) is 5.73 Å². The summed E-state index contributed by atoms with van der Waals surface area (Å²) in [7, 11) is 2.13. The van der Waals surface area contributed by atoms with E-state index in [4.69, 9.17) is 5.73 Å². The van der Waals surface area contributed by atoms with Gasteiger partial charge in [0.25, 0.3) is 0 Å². The van der Waals surface area contributed by atoms with Crippen molar-refractivity contribution >= 4 is 5.82 Å². The van der Waals surface area contributed by atoms with Crippen molar-refractivity contribution in [1.29, 1.82) is 0 Å². The summed E-state index contributed by atoms with van der Waals surface area (Å²) in [5.74, 6) is 1.10. The van der Waals surface area contributed by atoms with E-state index in [1.165, 1.54) is 30.4 Å². The van der Waals surface area contributed by atoms with Crippen LogP contribution in [0.5, 0.6) is 0 Å². The third kappa shape index (κ3) is 5.19. The van der Waals surface area contributed by atoms with Crippen molar-refractivity contribution < 1.29 is 0 Å². The van der Waals surface area contributed by atoms with Crippen molar-refractivity contribution in [3.63, 3.8) is 0 Å². The highest BCUT2D eigenvalue weighted by molar-refractivity contribution is 5.46. The summed E-state index contributed by atoms with van der Waals surface area (Å²) in [4.78, 5) is 6.87. The molecule has 0 saturated heterocycles. The SMILES string of the molecule is CCCCCN(C)c1ncc(CC(N)CC)cc1C. The van der Waals surface area contributed by atoms with E-state index in [0.29, 0.717) is 0 Å². The minimum atomic E-state index is 0.245. The van der Waals surface area contributed by atoms with Crippen LogP contribution >= 0.6 is 0 Å². The van der Waals surface area contributed by atoms with Gasteiger partial charge in [-0.2, -0.15) is 0 Å². The van der Waals surface area contributed by atoms with Crippen molar-refractivity contribution in [2.75, 3.05) is 18.5 Å². The fraction of sp³-hybridized carbons (Fsp3) is 0.688. The molecule has 0 fully saturated rings. The zero-order valence-electron chi connectivity index (χ0n) is 12.9. The number of aryl methyl sites for hydroxylation is 1. The third-order valence-corrected chi connectivity index (χ3v) is 3.59. The van der Waals surface area contributed by atoms with Gasteiger partial charge < -0.3 is 10.6 Å². The highest BCUT2D eigenvalue weighted by Crippen LogP contribution is 2.18. The second-order valence-electron chi connectivity index (χ2n) is 5.49. The molecule has 0 aliphatic carbocycles. The van der Waals surface area contributed by atoms with Gasteiger partial charge in [0.15, 0.2) is 0 Å². The first-order valence-corrected chi connectivity index (χ1v) is 7.50. The molecule has 19 heavy (non-hydrogen) atoms. The first kappa shape index (κ1) is 16.0. The number of hydrogen-bond donors (Lipinski definition) is 1. The lowest BCUT2D eigenvalue weighted by atomic mass is 10.0. The normalized spacial score (nSPS) is 12.5. The quantitative estimate of drug-likeness (QED) is 0.732. The Balaban J connectivity index is 2.65.